The number of fused-ring (bicyclic) bond motifs is 1. The van der Waals surface area contributed by atoms with E-state index < -0.39 is 16.0 Å². The first-order valence-electron chi connectivity index (χ1n) is 9.64. The smallest absolute Gasteiger partial charge is 0.354 e. The van der Waals surface area contributed by atoms with E-state index in [0.29, 0.717) is 16.5 Å². The Balaban J connectivity index is 1.72. The van der Waals surface area contributed by atoms with E-state index in [1.807, 2.05) is 0 Å². The van der Waals surface area contributed by atoms with Gasteiger partial charge in [-0.1, -0.05) is 30.0 Å². The fourth-order valence-corrected chi connectivity index (χ4v) is 4.54. The lowest BCUT2D eigenvalue weighted by atomic mass is 10.1. The first-order valence-corrected chi connectivity index (χ1v) is 11.1. The van der Waals surface area contributed by atoms with E-state index in [1.165, 1.54) is 31.6 Å². The molecule has 0 aliphatic carbocycles. The molecule has 0 saturated carbocycles. The van der Waals surface area contributed by atoms with E-state index in [-0.39, 0.29) is 27.5 Å². The Morgan fingerprint density at radius 2 is 1.82 bits per heavy atom. The molecule has 0 fully saturated rings. The summed E-state index contributed by atoms with van der Waals surface area (Å²) < 4.78 is 34.6. The van der Waals surface area contributed by atoms with Gasteiger partial charge >= 0.3 is 5.97 Å². The van der Waals surface area contributed by atoms with Crippen LogP contribution in [0.25, 0.3) is 10.9 Å². The second kappa shape index (κ2) is 8.98. The van der Waals surface area contributed by atoms with Gasteiger partial charge in [0.15, 0.2) is 4.90 Å². The van der Waals surface area contributed by atoms with Crippen LogP contribution in [0.1, 0.15) is 21.6 Å². The number of nitrogens with zero attached hydrogens (tertiary/aromatic N) is 2. The van der Waals surface area contributed by atoms with E-state index in [9.17, 15) is 13.2 Å². The lowest BCUT2D eigenvalue weighted by molar-refractivity contribution is 0.0690. The zero-order valence-corrected chi connectivity index (χ0v) is 18.1. The molecular weight excluding hydrogens is 442 g/mol. The molecule has 0 amide bonds. The normalized spacial score (nSPS) is 10.8. The van der Waals surface area contributed by atoms with Crippen LogP contribution in [0.3, 0.4) is 0 Å². The molecule has 33 heavy (non-hydrogen) atoms. The number of anilines is 1. The molecule has 4 rings (SSSR count). The molecule has 8 nitrogen and oxygen atoms in total. The molecule has 164 valence electrons. The summed E-state index contributed by atoms with van der Waals surface area (Å²) in [7, 11) is -2.69. The highest BCUT2D eigenvalue weighted by Gasteiger charge is 2.24. The highest BCUT2D eigenvalue weighted by Crippen LogP contribution is 2.32. The quantitative estimate of drug-likeness (QED) is 0.438. The predicted octanol–water partition coefficient (Wildman–Crippen LogP) is 3.54. The van der Waals surface area contributed by atoms with E-state index in [4.69, 9.17) is 9.84 Å². The fourth-order valence-electron chi connectivity index (χ4n) is 3.13. The summed E-state index contributed by atoms with van der Waals surface area (Å²) in [5.74, 6) is 4.81. The summed E-state index contributed by atoms with van der Waals surface area (Å²) in [5, 5.41) is 9.61. The van der Waals surface area contributed by atoms with Crippen molar-refractivity contribution in [1.29, 1.82) is 0 Å². The third-order valence-corrected chi connectivity index (χ3v) is 6.10. The largest absolute Gasteiger partial charge is 0.495 e. The lowest BCUT2D eigenvalue weighted by Gasteiger charge is -2.14. The molecule has 0 atom stereocenters. The minimum Gasteiger partial charge on any atom is -0.495 e. The molecule has 0 aliphatic heterocycles. The second-order valence-corrected chi connectivity index (χ2v) is 8.43. The van der Waals surface area contributed by atoms with Crippen molar-refractivity contribution in [2.45, 2.75) is 4.90 Å². The number of methoxy groups -OCH3 is 1. The Labute approximate surface area is 190 Å². The van der Waals surface area contributed by atoms with Gasteiger partial charge in [0.05, 0.1) is 18.3 Å². The molecule has 2 heterocycles. The summed E-state index contributed by atoms with van der Waals surface area (Å²) in [6, 6.07) is 16.4. The monoisotopic (exact) mass is 459 g/mol. The number of rotatable bonds is 5. The molecule has 4 aromatic rings. The van der Waals surface area contributed by atoms with Crippen molar-refractivity contribution in [3.63, 3.8) is 0 Å². The number of para-hydroxylation sites is 1. The highest BCUT2D eigenvalue weighted by atomic mass is 32.2. The molecule has 0 aliphatic rings. The number of nitrogens with one attached hydrogen (secondary N) is 1. The maximum Gasteiger partial charge on any atom is 0.354 e. The summed E-state index contributed by atoms with van der Waals surface area (Å²) in [6.45, 7) is 0. The molecule has 9 heteroatoms. The Kier molecular flexibility index (Phi) is 5.93. The first-order chi connectivity index (χ1) is 15.9. The number of aromatic nitrogens is 2. The number of carboxylic acid groups (broad SMARTS) is 1. The number of ether oxygens (including phenoxy) is 1. The zero-order valence-electron chi connectivity index (χ0n) is 17.3. The molecule has 0 unspecified atom stereocenters. The van der Waals surface area contributed by atoms with Crippen LogP contribution in [0.15, 0.2) is 78.0 Å². The minimum absolute atomic E-state index is 0.0701. The van der Waals surface area contributed by atoms with Crippen molar-refractivity contribution in [2.75, 3.05) is 11.8 Å². The van der Waals surface area contributed by atoms with Gasteiger partial charge in [0.25, 0.3) is 10.0 Å². The van der Waals surface area contributed by atoms with Gasteiger partial charge in [-0.3, -0.25) is 9.71 Å². The van der Waals surface area contributed by atoms with Crippen molar-refractivity contribution in [3.05, 3.63) is 89.9 Å². The van der Waals surface area contributed by atoms with Crippen LogP contribution < -0.4 is 9.46 Å². The van der Waals surface area contributed by atoms with Gasteiger partial charge in [0, 0.05) is 28.9 Å². The van der Waals surface area contributed by atoms with Gasteiger partial charge in [-0.05, 0) is 42.5 Å². The Morgan fingerprint density at radius 3 is 2.55 bits per heavy atom. The third-order valence-electron chi connectivity index (χ3n) is 4.68. The number of hydrogen-bond acceptors (Lipinski definition) is 6. The predicted molar refractivity (Wildman–Crippen MR) is 123 cm³/mol. The van der Waals surface area contributed by atoms with Crippen LogP contribution in [0.2, 0.25) is 0 Å². The van der Waals surface area contributed by atoms with Crippen molar-refractivity contribution in [3.8, 4) is 17.6 Å². The Hall–Kier alpha value is -4.42. The maximum absolute atomic E-state index is 13.4. The summed E-state index contributed by atoms with van der Waals surface area (Å²) in [6.07, 6.45) is 2.86. The number of aromatic carboxylic acids is 1. The molecule has 2 aromatic carbocycles. The summed E-state index contributed by atoms with van der Waals surface area (Å²) >= 11 is 0. The molecule has 0 spiro atoms. The van der Waals surface area contributed by atoms with Gasteiger partial charge in [-0.15, -0.1) is 0 Å². The third kappa shape index (κ3) is 4.61. The van der Waals surface area contributed by atoms with Gasteiger partial charge in [0.1, 0.15) is 11.4 Å². The van der Waals surface area contributed by atoms with Crippen LogP contribution in [-0.4, -0.2) is 36.6 Å². The average molecular weight is 459 g/mol. The van der Waals surface area contributed by atoms with Gasteiger partial charge in [-0.2, -0.15) is 0 Å². The molecule has 0 radical (unpaired) electrons. The van der Waals surface area contributed by atoms with Crippen molar-refractivity contribution in [2.24, 2.45) is 0 Å². The minimum atomic E-state index is -4.09. The van der Waals surface area contributed by atoms with Crippen molar-refractivity contribution < 1.29 is 23.1 Å². The molecule has 0 saturated heterocycles. The van der Waals surface area contributed by atoms with Crippen LogP contribution in [-0.2, 0) is 10.0 Å². The number of sulfonamides is 1. The SMILES string of the molecule is COc1ccc2cccnc2c1S(=O)(=O)Nc1ccccc1C#Cc1ccc(C(=O)O)nc1. The second-order valence-electron chi connectivity index (χ2n) is 6.81. The molecule has 0 bridgehead atoms. The molecule has 2 aromatic heterocycles. The number of carbonyl (C=O) groups is 1. The Bertz CT molecular complexity index is 1520. The molecular formula is C24H17N3O5S. The summed E-state index contributed by atoms with van der Waals surface area (Å²) in [5.41, 5.74) is 1.38. The maximum atomic E-state index is 13.4. The van der Waals surface area contributed by atoms with Crippen LogP contribution in [0.4, 0.5) is 5.69 Å². The summed E-state index contributed by atoms with van der Waals surface area (Å²) in [4.78, 5) is 18.9. The topological polar surface area (TPSA) is 118 Å². The van der Waals surface area contributed by atoms with E-state index >= 15 is 0 Å². The van der Waals surface area contributed by atoms with Gasteiger partial charge in [-0.25, -0.2) is 18.2 Å². The fraction of sp³-hybridized carbons (Fsp3) is 0.0417. The van der Waals surface area contributed by atoms with E-state index in [2.05, 4.69) is 26.5 Å². The number of hydrogen-bond donors (Lipinski definition) is 2. The van der Waals surface area contributed by atoms with Crippen LogP contribution in [0, 0.1) is 11.8 Å². The molecule has 2 N–H and O–H groups in total. The van der Waals surface area contributed by atoms with E-state index in [0.717, 1.165) is 0 Å². The van der Waals surface area contributed by atoms with Crippen LogP contribution >= 0.6 is 0 Å². The Morgan fingerprint density at radius 1 is 1.00 bits per heavy atom. The van der Waals surface area contributed by atoms with Gasteiger partial charge < -0.3 is 9.84 Å². The highest BCUT2D eigenvalue weighted by molar-refractivity contribution is 7.93. The van der Waals surface area contributed by atoms with Crippen molar-refractivity contribution >= 4 is 32.6 Å². The van der Waals surface area contributed by atoms with E-state index in [1.54, 1.807) is 48.5 Å². The number of pyridine rings is 2. The standard InChI is InChI=1S/C24H17N3O5S/c1-32-21-13-11-18-6-4-14-25-22(18)23(21)33(30,31)27-19-7-3-2-5-17(19)10-8-16-9-12-20(24(28)29)26-15-16/h2-7,9,11-15,27H,1H3,(H,28,29). The first kappa shape index (κ1) is 21.8. The number of benzene rings is 2. The van der Waals surface area contributed by atoms with Gasteiger partial charge in [0.2, 0.25) is 0 Å². The number of carboxylic acids is 1. The lowest BCUT2D eigenvalue weighted by Crippen LogP contribution is -2.15. The van der Waals surface area contributed by atoms with Crippen molar-refractivity contribution in [1.82, 2.24) is 9.97 Å². The average Bonchev–Trinajstić information content (AvgIpc) is 2.82. The zero-order chi connectivity index (χ0) is 23.4. The van der Waals surface area contributed by atoms with Crippen LogP contribution in [0.5, 0.6) is 5.75 Å².